The molecule has 0 fully saturated rings. The third-order valence-electron chi connectivity index (χ3n) is 29.8. The van der Waals surface area contributed by atoms with Gasteiger partial charge in [-0.1, -0.05) is 463 Å². The molecule has 0 bridgehead atoms. The van der Waals surface area contributed by atoms with E-state index in [1.54, 1.807) is 0 Å². The van der Waals surface area contributed by atoms with Gasteiger partial charge in [-0.3, -0.25) is 0 Å². The zero-order valence-corrected chi connectivity index (χ0v) is 74.7. The first kappa shape index (κ1) is 77.8. The maximum Gasteiger partial charge on any atom is 0.0159 e. The van der Waals surface area contributed by atoms with Crippen molar-refractivity contribution in [2.75, 3.05) is 0 Å². The second-order valence-electron chi connectivity index (χ2n) is 37.5. The zero-order valence-electron chi connectivity index (χ0n) is 74.7. The molecule has 0 nitrogen and oxygen atoms in total. The van der Waals surface area contributed by atoms with Crippen LogP contribution in [0.3, 0.4) is 0 Å². The van der Waals surface area contributed by atoms with Crippen LogP contribution in [-0.4, -0.2) is 0 Å². The fraction of sp³-hybridized carbons (Fsp3) is 0.0222. The lowest BCUT2D eigenvalue weighted by Gasteiger charge is -2.23. The summed E-state index contributed by atoms with van der Waals surface area (Å²) in [6, 6.07) is 180. The fourth-order valence-electron chi connectivity index (χ4n) is 23.1. The average molecular weight is 1710 g/mol. The molecule has 626 valence electrons. The van der Waals surface area contributed by atoms with Crippen molar-refractivity contribution >= 4 is 162 Å². The minimum absolute atomic E-state index is 0.0922. The molecule has 28 aromatic rings. The Morgan fingerprint density at radius 1 is 0.111 bits per heavy atom. The fourth-order valence-corrected chi connectivity index (χ4v) is 23.1. The molecule has 1 aliphatic carbocycles. The first-order chi connectivity index (χ1) is 66.7. The van der Waals surface area contributed by atoms with E-state index in [-0.39, 0.29) is 5.41 Å². The summed E-state index contributed by atoms with van der Waals surface area (Å²) in [7, 11) is 0. The van der Waals surface area contributed by atoms with E-state index in [9.17, 15) is 0 Å². The van der Waals surface area contributed by atoms with E-state index in [4.69, 9.17) is 0 Å². The van der Waals surface area contributed by atoms with Gasteiger partial charge in [-0.2, -0.15) is 0 Å². The predicted molar refractivity (Wildman–Crippen MR) is 582 cm³/mol. The molecule has 29 rings (SSSR count). The number of benzene rings is 28. The standard InChI is InChI=1S/C48H30.C46H28.C41H28/c1-2-8-39-30-40(21-14-31(39)6-1)32-12-15-35(16-13-32)43-26-22-37-25-29-46-44(27-23-38-24-28-45(43)47(37)48(38)46)36-19-17-34(18-20-36)42-11-5-9-33-7-3-4-10-41(33)42;1-3-11-33-26-35(18-16-29(33)8-1)38-22-20-32-21-23-41-40(39-15-7-13-31-10-5-6-14-37(31)39)24-25-42-43(28-44(38)45(32)46(41)42)36-19-17-30-9-2-4-12-34(30)27-36;1-41(2)37-23-29(32-12-6-8-25-7-3-4-11-31(25)32)17-20-34(37)35-21-18-30(24-38(35)41)33-19-15-28-14-13-26-9-5-10-27-16-22-36(33)40(28)39(26)27/h1-30H;1-28H;3-24H,1-2H3. The minimum atomic E-state index is -0.0922. The average Bonchev–Trinajstić information content (AvgIpc) is 1.61. The van der Waals surface area contributed by atoms with Gasteiger partial charge in [-0.05, 0) is 320 Å². The number of hydrogen-bond donors (Lipinski definition) is 0. The molecule has 0 saturated carbocycles. The highest BCUT2D eigenvalue weighted by molar-refractivity contribution is 6.32. The molecule has 135 heavy (non-hydrogen) atoms. The van der Waals surface area contributed by atoms with E-state index in [2.05, 4.69) is 499 Å². The van der Waals surface area contributed by atoms with Crippen LogP contribution in [0.1, 0.15) is 25.0 Å². The van der Waals surface area contributed by atoms with Crippen molar-refractivity contribution in [1.29, 1.82) is 0 Å². The Hall–Kier alpha value is -17.2. The van der Waals surface area contributed by atoms with Crippen molar-refractivity contribution in [2.24, 2.45) is 0 Å². The largest absolute Gasteiger partial charge is 0.0616 e. The number of rotatable bonds is 9. The second-order valence-corrected chi connectivity index (χ2v) is 37.5. The molecule has 0 spiro atoms. The van der Waals surface area contributed by atoms with E-state index in [1.807, 2.05) is 0 Å². The summed E-state index contributed by atoms with van der Waals surface area (Å²) in [4.78, 5) is 0. The van der Waals surface area contributed by atoms with Gasteiger partial charge in [0.15, 0.2) is 0 Å². The van der Waals surface area contributed by atoms with E-state index >= 15 is 0 Å². The molecule has 0 radical (unpaired) electrons. The highest BCUT2D eigenvalue weighted by Crippen LogP contribution is 2.54. The summed E-state index contributed by atoms with van der Waals surface area (Å²) in [6.45, 7) is 4.77. The Bertz CT molecular complexity index is 9670. The highest BCUT2D eigenvalue weighted by atomic mass is 14.4. The van der Waals surface area contributed by atoms with Crippen molar-refractivity contribution < 1.29 is 0 Å². The van der Waals surface area contributed by atoms with Crippen molar-refractivity contribution in [3.05, 3.63) is 496 Å². The summed E-state index contributed by atoms with van der Waals surface area (Å²) < 4.78 is 0. The van der Waals surface area contributed by atoms with Gasteiger partial charge < -0.3 is 0 Å². The topological polar surface area (TPSA) is 0 Å². The molecule has 0 unspecified atom stereocenters. The molecule has 0 aliphatic heterocycles. The van der Waals surface area contributed by atoms with Crippen LogP contribution in [0.2, 0.25) is 0 Å². The highest BCUT2D eigenvalue weighted by Gasteiger charge is 2.37. The van der Waals surface area contributed by atoms with Crippen LogP contribution in [-0.2, 0) is 5.41 Å². The van der Waals surface area contributed by atoms with Crippen molar-refractivity contribution in [1.82, 2.24) is 0 Å². The van der Waals surface area contributed by atoms with E-state index in [0.29, 0.717) is 0 Å². The lowest BCUT2D eigenvalue weighted by atomic mass is 9.80. The van der Waals surface area contributed by atoms with Gasteiger partial charge >= 0.3 is 0 Å². The molecule has 0 atom stereocenters. The summed E-state index contributed by atoms with van der Waals surface area (Å²) >= 11 is 0. The minimum Gasteiger partial charge on any atom is -0.0616 e. The van der Waals surface area contributed by atoms with Crippen LogP contribution in [0.4, 0.5) is 0 Å². The van der Waals surface area contributed by atoms with Crippen molar-refractivity contribution in [3.8, 4) is 111 Å². The van der Waals surface area contributed by atoms with E-state index in [0.717, 1.165) is 0 Å². The molecule has 0 saturated heterocycles. The first-order valence-corrected chi connectivity index (χ1v) is 47.2. The summed E-state index contributed by atoms with van der Waals surface area (Å²) in [5.74, 6) is 0. The normalized spacial score (nSPS) is 12.4. The number of fused-ring (bicyclic) bond motifs is 9. The van der Waals surface area contributed by atoms with Gasteiger partial charge in [0.1, 0.15) is 0 Å². The molecule has 0 heteroatoms. The Morgan fingerprint density at radius 3 is 0.815 bits per heavy atom. The third-order valence-corrected chi connectivity index (χ3v) is 29.8. The van der Waals surface area contributed by atoms with Crippen LogP contribution < -0.4 is 0 Å². The second kappa shape index (κ2) is 31.0. The third kappa shape index (κ3) is 12.7. The van der Waals surface area contributed by atoms with Crippen molar-refractivity contribution in [3.63, 3.8) is 0 Å². The lowest BCUT2D eigenvalue weighted by molar-refractivity contribution is 0.661. The Morgan fingerprint density at radius 2 is 0.348 bits per heavy atom. The summed E-state index contributed by atoms with van der Waals surface area (Å²) in [5, 5.41) is 39.0. The summed E-state index contributed by atoms with van der Waals surface area (Å²) in [6.07, 6.45) is 0. The SMILES string of the molecule is CC1(C)c2cc(-c3cccc4ccccc34)ccc2-c2ccc(-c3ccc4ccc5cccc6ccc3c4c56)cc21.c1ccc2cc(-c3ccc(-c4ccc5ccc6c(-c7ccc(-c8cccc9ccccc89)cc7)ccc7ccc4c5c76)cc3)ccc2c1.c1ccc2cc(-c3ccc4ccc5c(-c6cccc7ccccc67)ccc6c(-c7ccc8ccccc8c7)cc3c4c65)ccc2c1. The Balaban J connectivity index is 0.000000103. The molecule has 28 aromatic carbocycles. The molecule has 0 amide bonds. The Labute approximate surface area is 782 Å². The quantitative estimate of drug-likeness (QED) is 0.126. The van der Waals surface area contributed by atoms with Crippen LogP contribution in [0.5, 0.6) is 0 Å². The first-order valence-electron chi connectivity index (χ1n) is 47.2. The lowest BCUT2D eigenvalue weighted by Crippen LogP contribution is -2.15. The van der Waals surface area contributed by atoms with Gasteiger partial charge in [0.25, 0.3) is 0 Å². The van der Waals surface area contributed by atoms with Crippen LogP contribution >= 0.6 is 0 Å². The molecule has 0 aromatic heterocycles. The monoisotopic (exact) mass is 1710 g/mol. The smallest absolute Gasteiger partial charge is 0.0159 e. The Kier molecular flexibility index (Phi) is 17.9. The van der Waals surface area contributed by atoms with Gasteiger partial charge in [0, 0.05) is 5.41 Å². The van der Waals surface area contributed by atoms with Gasteiger partial charge in [0.05, 0.1) is 0 Å². The maximum atomic E-state index is 2.46. The van der Waals surface area contributed by atoms with Crippen LogP contribution in [0.25, 0.3) is 273 Å². The zero-order chi connectivity index (χ0) is 89.1. The summed E-state index contributed by atoms with van der Waals surface area (Å²) in [5.41, 5.74) is 28.2. The molecular formula is C135H86. The van der Waals surface area contributed by atoms with E-state index in [1.165, 1.54) is 284 Å². The molecule has 0 N–H and O–H groups in total. The van der Waals surface area contributed by atoms with Crippen LogP contribution in [0, 0.1) is 0 Å². The predicted octanol–water partition coefficient (Wildman–Crippen LogP) is 38.0. The van der Waals surface area contributed by atoms with Crippen molar-refractivity contribution in [2.45, 2.75) is 19.3 Å². The van der Waals surface area contributed by atoms with Crippen LogP contribution in [0.15, 0.2) is 485 Å². The molecule has 1 aliphatic rings. The van der Waals surface area contributed by atoms with E-state index < -0.39 is 0 Å². The van der Waals surface area contributed by atoms with Gasteiger partial charge in [0.2, 0.25) is 0 Å². The van der Waals surface area contributed by atoms with Gasteiger partial charge in [-0.25, -0.2) is 0 Å². The maximum absolute atomic E-state index is 2.46. The number of hydrogen-bond acceptors (Lipinski definition) is 0. The molecular weight excluding hydrogens is 1620 g/mol. The molecule has 0 heterocycles. The van der Waals surface area contributed by atoms with Gasteiger partial charge in [-0.15, -0.1) is 0 Å².